The van der Waals surface area contributed by atoms with Gasteiger partial charge in [-0.2, -0.15) is 5.10 Å². The second-order valence-corrected chi connectivity index (χ2v) is 4.24. The van der Waals surface area contributed by atoms with E-state index < -0.39 is 0 Å². The lowest BCUT2D eigenvalue weighted by atomic mass is 10.2. The minimum Gasteiger partial charge on any atom is -0.487 e. The summed E-state index contributed by atoms with van der Waals surface area (Å²) in [5.41, 5.74) is 2.20. The maximum Gasteiger partial charge on any atom is 0.145 e. The molecule has 0 radical (unpaired) electrons. The van der Waals surface area contributed by atoms with Crippen LogP contribution < -0.4 is 4.74 Å². The first-order chi connectivity index (χ1) is 8.84. The zero-order valence-corrected chi connectivity index (χ0v) is 10.2. The van der Waals surface area contributed by atoms with Gasteiger partial charge in [0, 0.05) is 12.4 Å². The molecular formula is C15H14N2O. The molecule has 2 aromatic carbocycles. The van der Waals surface area contributed by atoms with Gasteiger partial charge in [-0.15, -0.1) is 0 Å². The Bertz CT molecular complexity index is 659. The molecule has 3 nitrogen and oxygen atoms in total. The third kappa shape index (κ3) is 1.95. The minimum atomic E-state index is 0.575. The van der Waals surface area contributed by atoms with Gasteiger partial charge in [0.15, 0.2) is 0 Å². The van der Waals surface area contributed by atoms with E-state index in [2.05, 4.69) is 17.2 Å². The van der Waals surface area contributed by atoms with E-state index in [0.29, 0.717) is 6.61 Å². The normalized spacial score (nSPS) is 10.7. The van der Waals surface area contributed by atoms with Gasteiger partial charge >= 0.3 is 0 Å². The van der Waals surface area contributed by atoms with Gasteiger partial charge in [-0.3, -0.25) is 4.68 Å². The molecule has 0 amide bonds. The standard InChI is InChI=1S/C15H14N2O/c1-17-15-13(10-16-17)8-5-9-14(15)18-11-12-6-3-2-4-7-12/h2-10H,11H2,1H3. The average molecular weight is 238 g/mol. The number of hydrogen-bond donors (Lipinski definition) is 0. The molecule has 3 heteroatoms. The van der Waals surface area contributed by atoms with Crippen LogP contribution in [0.1, 0.15) is 5.56 Å². The fourth-order valence-corrected chi connectivity index (χ4v) is 2.05. The summed E-state index contributed by atoms with van der Waals surface area (Å²) < 4.78 is 7.73. The third-order valence-electron chi connectivity index (χ3n) is 2.96. The Morgan fingerprint density at radius 1 is 1.06 bits per heavy atom. The monoisotopic (exact) mass is 238 g/mol. The van der Waals surface area contributed by atoms with Crippen molar-refractivity contribution in [1.29, 1.82) is 0 Å². The van der Waals surface area contributed by atoms with E-state index in [1.165, 1.54) is 0 Å². The molecule has 18 heavy (non-hydrogen) atoms. The molecule has 0 aliphatic heterocycles. The summed E-state index contributed by atoms with van der Waals surface area (Å²) in [7, 11) is 1.93. The van der Waals surface area contributed by atoms with Crippen LogP contribution in [0.5, 0.6) is 5.75 Å². The number of aryl methyl sites for hydroxylation is 1. The Morgan fingerprint density at radius 2 is 1.89 bits per heavy atom. The highest BCUT2D eigenvalue weighted by molar-refractivity contribution is 5.84. The Morgan fingerprint density at radius 3 is 2.72 bits per heavy atom. The van der Waals surface area contributed by atoms with Gasteiger partial charge < -0.3 is 4.74 Å². The second kappa shape index (κ2) is 4.53. The van der Waals surface area contributed by atoms with Crippen molar-refractivity contribution in [3.8, 4) is 5.75 Å². The SMILES string of the molecule is Cn1ncc2cccc(OCc3ccccc3)c21. The van der Waals surface area contributed by atoms with Gasteiger partial charge in [0.1, 0.15) is 17.9 Å². The molecule has 1 aromatic heterocycles. The molecule has 0 atom stereocenters. The maximum atomic E-state index is 5.88. The van der Waals surface area contributed by atoms with E-state index in [1.807, 2.05) is 54.3 Å². The first-order valence-corrected chi connectivity index (χ1v) is 5.92. The molecule has 0 unspecified atom stereocenters. The zero-order chi connectivity index (χ0) is 12.4. The van der Waals surface area contributed by atoms with Crippen LogP contribution in [-0.4, -0.2) is 9.78 Å². The Hall–Kier alpha value is -2.29. The molecule has 0 aliphatic rings. The van der Waals surface area contributed by atoms with E-state index in [4.69, 9.17) is 4.74 Å². The summed E-state index contributed by atoms with van der Waals surface area (Å²) in [6.07, 6.45) is 1.85. The molecule has 0 saturated carbocycles. The van der Waals surface area contributed by atoms with Gasteiger partial charge in [0.2, 0.25) is 0 Å². The first-order valence-electron chi connectivity index (χ1n) is 5.92. The summed E-state index contributed by atoms with van der Waals surface area (Å²) in [5, 5.41) is 5.35. The number of aromatic nitrogens is 2. The number of hydrogen-bond acceptors (Lipinski definition) is 2. The van der Waals surface area contributed by atoms with Crippen molar-refractivity contribution in [1.82, 2.24) is 9.78 Å². The van der Waals surface area contributed by atoms with Crippen molar-refractivity contribution >= 4 is 10.9 Å². The van der Waals surface area contributed by atoms with Crippen LogP contribution in [0.3, 0.4) is 0 Å². The Kier molecular flexibility index (Phi) is 2.73. The number of para-hydroxylation sites is 1. The number of fused-ring (bicyclic) bond motifs is 1. The first kappa shape index (κ1) is 10.8. The molecule has 0 spiro atoms. The summed E-state index contributed by atoms with van der Waals surface area (Å²) in [6, 6.07) is 16.2. The van der Waals surface area contributed by atoms with E-state index in [9.17, 15) is 0 Å². The molecular weight excluding hydrogens is 224 g/mol. The zero-order valence-electron chi connectivity index (χ0n) is 10.2. The molecule has 3 rings (SSSR count). The molecule has 0 saturated heterocycles. The molecule has 90 valence electrons. The van der Waals surface area contributed by atoms with Crippen LogP contribution in [0.15, 0.2) is 54.7 Å². The van der Waals surface area contributed by atoms with Crippen LogP contribution in [0, 0.1) is 0 Å². The van der Waals surface area contributed by atoms with Crippen LogP contribution in [0.25, 0.3) is 10.9 Å². The molecule has 1 heterocycles. The van der Waals surface area contributed by atoms with Gasteiger partial charge in [-0.25, -0.2) is 0 Å². The highest BCUT2D eigenvalue weighted by atomic mass is 16.5. The second-order valence-electron chi connectivity index (χ2n) is 4.24. The lowest BCUT2D eigenvalue weighted by Crippen LogP contribution is -1.98. The number of rotatable bonds is 3. The predicted molar refractivity (Wildman–Crippen MR) is 71.5 cm³/mol. The minimum absolute atomic E-state index is 0.575. The van der Waals surface area contributed by atoms with E-state index in [-0.39, 0.29) is 0 Å². The number of ether oxygens (including phenoxy) is 1. The van der Waals surface area contributed by atoms with Crippen molar-refractivity contribution in [2.75, 3.05) is 0 Å². The van der Waals surface area contributed by atoms with Crippen molar-refractivity contribution in [3.63, 3.8) is 0 Å². The predicted octanol–water partition coefficient (Wildman–Crippen LogP) is 3.15. The fraction of sp³-hybridized carbons (Fsp3) is 0.133. The molecule has 0 aliphatic carbocycles. The van der Waals surface area contributed by atoms with Crippen LogP contribution in [-0.2, 0) is 13.7 Å². The Balaban J connectivity index is 1.89. The summed E-state index contributed by atoms with van der Waals surface area (Å²) in [4.78, 5) is 0. The van der Waals surface area contributed by atoms with Crippen molar-refractivity contribution < 1.29 is 4.74 Å². The van der Waals surface area contributed by atoms with E-state index in [1.54, 1.807) is 0 Å². The van der Waals surface area contributed by atoms with E-state index in [0.717, 1.165) is 22.2 Å². The smallest absolute Gasteiger partial charge is 0.145 e. The average Bonchev–Trinajstić information content (AvgIpc) is 2.80. The van der Waals surface area contributed by atoms with Gasteiger partial charge in [0.25, 0.3) is 0 Å². The topological polar surface area (TPSA) is 27.1 Å². The third-order valence-corrected chi connectivity index (χ3v) is 2.96. The molecule has 0 bridgehead atoms. The van der Waals surface area contributed by atoms with Crippen LogP contribution in [0.4, 0.5) is 0 Å². The van der Waals surface area contributed by atoms with Crippen LogP contribution >= 0.6 is 0 Å². The van der Waals surface area contributed by atoms with Gasteiger partial charge in [0.05, 0.1) is 6.20 Å². The summed E-state index contributed by atoms with van der Waals surface area (Å²) in [6.45, 7) is 0.575. The quantitative estimate of drug-likeness (QED) is 0.701. The lowest BCUT2D eigenvalue weighted by molar-refractivity contribution is 0.308. The van der Waals surface area contributed by atoms with Crippen molar-refractivity contribution in [2.45, 2.75) is 6.61 Å². The van der Waals surface area contributed by atoms with E-state index >= 15 is 0 Å². The molecule has 0 fully saturated rings. The summed E-state index contributed by atoms with van der Waals surface area (Å²) >= 11 is 0. The molecule has 3 aromatic rings. The number of nitrogens with zero attached hydrogens (tertiary/aromatic N) is 2. The highest BCUT2D eigenvalue weighted by Gasteiger charge is 2.06. The molecule has 0 N–H and O–H groups in total. The highest BCUT2D eigenvalue weighted by Crippen LogP contribution is 2.25. The fourth-order valence-electron chi connectivity index (χ4n) is 2.05. The number of benzene rings is 2. The lowest BCUT2D eigenvalue weighted by Gasteiger charge is -2.08. The van der Waals surface area contributed by atoms with Crippen molar-refractivity contribution in [3.05, 3.63) is 60.3 Å². The Labute approximate surface area is 106 Å². The largest absolute Gasteiger partial charge is 0.487 e. The van der Waals surface area contributed by atoms with Gasteiger partial charge in [-0.1, -0.05) is 42.5 Å². The maximum absolute atomic E-state index is 5.88. The van der Waals surface area contributed by atoms with Gasteiger partial charge in [-0.05, 0) is 11.6 Å². The summed E-state index contributed by atoms with van der Waals surface area (Å²) in [5.74, 6) is 0.872. The van der Waals surface area contributed by atoms with Crippen LogP contribution in [0.2, 0.25) is 0 Å². The van der Waals surface area contributed by atoms with Crippen molar-refractivity contribution in [2.24, 2.45) is 7.05 Å².